The van der Waals surface area contributed by atoms with Crippen LogP contribution in [-0.4, -0.2) is 35.4 Å². The lowest BCUT2D eigenvalue weighted by Gasteiger charge is -2.18. The van der Waals surface area contributed by atoms with Crippen molar-refractivity contribution in [3.63, 3.8) is 0 Å². The van der Waals surface area contributed by atoms with Crippen molar-refractivity contribution in [1.29, 1.82) is 0 Å². The Morgan fingerprint density at radius 1 is 1.19 bits per heavy atom. The summed E-state index contributed by atoms with van der Waals surface area (Å²) in [5.74, 6) is 1.53. The SMILES string of the molecule is CCN(CC)S(=O)(=O)c1ccc2c(c1)nc(SCc1ccc(Cl)s1)n2Cc1ccco1. The number of rotatable bonds is 9. The zero-order valence-electron chi connectivity index (χ0n) is 17.1. The number of aromatic nitrogens is 2. The molecule has 1 aromatic carbocycles. The highest BCUT2D eigenvalue weighted by molar-refractivity contribution is 7.98. The first-order valence-electron chi connectivity index (χ1n) is 9.82. The van der Waals surface area contributed by atoms with Crippen molar-refractivity contribution in [2.75, 3.05) is 13.1 Å². The molecule has 0 aliphatic rings. The number of benzene rings is 1. The fraction of sp³-hybridized carbons (Fsp3) is 0.286. The largest absolute Gasteiger partial charge is 0.467 e. The Labute approximate surface area is 194 Å². The van der Waals surface area contributed by atoms with Gasteiger partial charge in [-0.2, -0.15) is 4.31 Å². The van der Waals surface area contributed by atoms with E-state index in [1.165, 1.54) is 4.31 Å². The topological polar surface area (TPSA) is 68.3 Å². The molecule has 0 unspecified atom stereocenters. The molecule has 6 nitrogen and oxygen atoms in total. The average Bonchev–Trinajstić information content (AvgIpc) is 3.48. The molecule has 31 heavy (non-hydrogen) atoms. The van der Waals surface area contributed by atoms with Crippen molar-refractivity contribution in [1.82, 2.24) is 13.9 Å². The predicted molar refractivity (Wildman–Crippen MR) is 127 cm³/mol. The van der Waals surface area contributed by atoms with Crippen molar-refractivity contribution in [3.8, 4) is 0 Å². The standard InChI is InChI=1S/C21H22ClN3O3S3/c1-3-24(4-2)31(26,27)17-8-9-19-18(12-17)23-21(25(19)13-15-6-5-11-28-15)29-14-16-7-10-20(22)30-16/h5-12H,3-4,13-14H2,1-2H3. The monoisotopic (exact) mass is 495 g/mol. The number of imidazole rings is 1. The molecule has 0 saturated heterocycles. The quantitative estimate of drug-likeness (QED) is 0.278. The van der Waals surface area contributed by atoms with E-state index in [-0.39, 0.29) is 4.90 Å². The second-order valence-electron chi connectivity index (χ2n) is 6.79. The molecular formula is C21H22ClN3O3S3. The molecule has 0 saturated carbocycles. The number of hydrogen-bond acceptors (Lipinski definition) is 6. The summed E-state index contributed by atoms with van der Waals surface area (Å²) in [4.78, 5) is 6.18. The van der Waals surface area contributed by atoms with Gasteiger partial charge in [0.15, 0.2) is 5.16 Å². The Balaban J connectivity index is 1.73. The molecule has 164 valence electrons. The highest BCUT2D eigenvalue weighted by Crippen LogP contribution is 2.32. The van der Waals surface area contributed by atoms with Crippen LogP contribution in [0.2, 0.25) is 4.34 Å². The van der Waals surface area contributed by atoms with Gasteiger partial charge in [0.2, 0.25) is 10.0 Å². The molecule has 0 amide bonds. The normalized spacial score (nSPS) is 12.3. The fourth-order valence-electron chi connectivity index (χ4n) is 3.35. The van der Waals surface area contributed by atoms with Crippen molar-refractivity contribution in [2.45, 2.75) is 36.2 Å². The van der Waals surface area contributed by atoms with E-state index in [9.17, 15) is 8.42 Å². The maximum atomic E-state index is 13.0. The van der Waals surface area contributed by atoms with Gasteiger partial charge in [0, 0.05) is 23.7 Å². The van der Waals surface area contributed by atoms with E-state index < -0.39 is 10.0 Å². The zero-order chi connectivity index (χ0) is 22.0. The number of sulfonamides is 1. The molecule has 4 rings (SSSR count). The predicted octanol–water partition coefficient (Wildman–Crippen LogP) is 5.72. The van der Waals surface area contributed by atoms with Gasteiger partial charge in [-0.15, -0.1) is 11.3 Å². The van der Waals surface area contributed by atoms with Gasteiger partial charge in [0.25, 0.3) is 0 Å². The van der Waals surface area contributed by atoms with Gasteiger partial charge in [-0.25, -0.2) is 13.4 Å². The minimum atomic E-state index is -3.55. The van der Waals surface area contributed by atoms with Gasteiger partial charge >= 0.3 is 0 Å². The first-order chi connectivity index (χ1) is 14.9. The average molecular weight is 496 g/mol. The lowest BCUT2D eigenvalue weighted by molar-refractivity contribution is 0.445. The minimum Gasteiger partial charge on any atom is -0.467 e. The summed E-state index contributed by atoms with van der Waals surface area (Å²) in [6, 6.07) is 12.8. The molecule has 0 aliphatic carbocycles. The molecule has 0 radical (unpaired) electrons. The van der Waals surface area contributed by atoms with Crippen LogP contribution < -0.4 is 0 Å². The van der Waals surface area contributed by atoms with Crippen molar-refractivity contribution in [2.24, 2.45) is 0 Å². The summed E-state index contributed by atoms with van der Waals surface area (Å²) in [6.45, 7) is 5.04. The number of thioether (sulfide) groups is 1. The fourth-order valence-corrected chi connectivity index (χ4v) is 6.97. The van der Waals surface area contributed by atoms with E-state index >= 15 is 0 Å². The zero-order valence-corrected chi connectivity index (χ0v) is 20.3. The van der Waals surface area contributed by atoms with Crippen LogP contribution in [-0.2, 0) is 22.3 Å². The maximum Gasteiger partial charge on any atom is 0.243 e. The highest BCUT2D eigenvalue weighted by Gasteiger charge is 2.23. The molecule has 4 aromatic rings. The van der Waals surface area contributed by atoms with Crippen LogP contribution in [0, 0.1) is 0 Å². The van der Waals surface area contributed by atoms with E-state index in [1.807, 2.05) is 44.2 Å². The number of halogens is 1. The van der Waals surface area contributed by atoms with Gasteiger partial charge < -0.3 is 8.98 Å². The van der Waals surface area contributed by atoms with Crippen molar-refractivity contribution >= 4 is 55.8 Å². The summed E-state index contributed by atoms with van der Waals surface area (Å²) in [7, 11) is -3.55. The number of fused-ring (bicyclic) bond motifs is 1. The summed E-state index contributed by atoms with van der Waals surface area (Å²) >= 11 is 9.19. The minimum absolute atomic E-state index is 0.257. The second-order valence-corrected chi connectivity index (χ2v) is 11.5. The van der Waals surface area contributed by atoms with Gasteiger partial charge in [-0.05, 0) is 42.5 Å². The number of thiophene rings is 1. The van der Waals surface area contributed by atoms with Crippen LogP contribution in [0.15, 0.2) is 63.2 Å². The molecule has 0 spiro atoms. The Morgan fingerprint density at radius 2 is 2.00 bits per heavy atom. The summed E-state index contributed by atoms with van der Waals surface area (Å²) in [6.07, 6.45) is 1.64. The van der Waals surface area contributed by atoms with Crippen LogP contribution in [0.25, 0.3) is 11.0 Å². The van der Waals surface area contributed by atoms with Crippen LogP contribution in [0.5, 0.6) is 0 Å². The molecule has 0 fully saturated rings. The maximum absolute atomic E-state index is 13.0. The second kappa shape index (κ2) is 9.38. The van der Waals surface area contributed by atoms with Gasteiger partial charge in [0.05, 0.1) is 33.1 Å². The highest BCUT2D eigenvalue weighted by atomic mass is 35.5. The number of hydrogen-bond donors (Lipinski definition) is 0. The van der Waals surface area contributed by atoms with Crippen LogP contribution in [0.3, 0.4) is 0 Å². The Hall–Kier alpha value is -1.78. The Morgan fingerprint density at radius 3 is 2.65 bits per heavy atom. The molecule has 0 atom stereocenters. The third kappa shape index (κ3) is 4.70. The molecule has 3 heterocycles. The third-order valence-corrected chi connectivity index (χ3v) is 9.38. The smallest absolute Gasteiger partial charge is 0.243 e. The summed E-state index contributed by atoms with van der Waals surface area (Å²) in [5, 5.41) is 0.799. The van der Waals surface area contributed by atoms with Gasteiger partial charge in [0.1, 0.15) is 5.76 Å². The Kier molecular flexibility index (Phi) is 6.78. The molecular weight excluding hydrogens is 474 g/mol. The Bertz CT molecular complexity index is 1280. The van der Waals surface area contributed by atoms with E-state index in [0.29, 0.717) is 25.2 Å². The molecule has 0 bridgehead atoms. The van der Waals surface area contributed by atoms with E-state index in [0.717, 1.165) is 31.4 Å². The first-order valence-corrected chi connectivity index (χ1v) is 13.4. The molecule has 10 heteroatoms. The first kappa shape index (κ1) is 22.4. The van der Waals surface area contributed by atoms with Crippen molar-refractivity contribution < 1.29 is 12.8 Å². The molecule has 0 N–H and O–H groups in total. The van der Waals surface area contributed by atoms with E-state index in [4.69, 9.17) is 21.0 Å². The van der Waals surface area contributed by atoms with Gasteiger partial charge in [-0.3, -0.25) is 0 Å². The van der Waals surface area contributed by atoms with Crippen LogP contribution in [0.4, 0.5) is 0 Å². The van der Waals surface area contributed by atoms with Crippen LogP contribution in [0.1, 0.15) is 24.5 Å². The number of nitrogens with zero attached hydrogens (tertiary/aromatic N) is 3. The summed E-state index contributed by atoms with van der Waals surface area (Å²) < 4.78 is 35.7. The van der Waals surface area contributed by atoms with Crippen molar-refractivity contribution in [3.05, 3.63) is 63.7 Å². The van der Waals surface area contributed by atoms with E-state index in [1.54, 1.807) is 41.5 Å². The molecule has 0 aliphatic heterocycles. The number of furan rings is 1. The molecule has 3 aromatic heterocycles. The summed E-state index contributed by atoms with van der Waals surface area (Å²) in [5.41, 5.74) is 1.51. The van der Waals surface area contributed by atoms with E-state index in [2.05, 4.69) is 4.57 Å². The van der Waals surface area contributed by atoms with Crippen LogP contribution >= 0.6 is 34.7 Å². The lowest BCUT2D eigenvalue weighted by Crippen LogP contribution is -2.30. The lowest BCUT2D eigenvalue weighted by atomic mass is 10.3. The third-order valence-electron chi connectivity index (χ3n) is 4.89. The van der Waals surface area contributed by atoms with Gasteiger partial charge in [-0.1, -0.05) is 37.2 Å².